The van der Waals surface area contributed by atoms with Crippen molar-refractivity contribution in [3.8, 4) is 0 Å². The fourth-order valence-electron chi connectivity index (χ4n) is 1.84. The summed E-state index contributed by atoms with van der Waals surface area (Å²) < 4.78 is 4.95. The second-order valence-corrected chi connectivity index (χ2v) is 4.21. The lowest BCUT2D eigenvalue weighted by atomic mass is 9.94. The summed E-state index contributed by atoms with van der Waals surface area (Å²) in [5.74, 6) is 0.822. The minimum Gasteiger partial charge on any atom is -0.383 e. The highest BCUT2D eigenvalue weighted by Gasteiger charge is 2.18. The summed E-state index contributed by atoms with van der Waals surface area (Å²) in [5.41, 5.74) is 0. The molecule has 0 bridgehead atoms. The highest BCUT2D eigenvalue weighted by Crippen LogP contribution is 2.16. The van der Waals surface area contributed by atoms with E-state index in [0.717, 1.165) is 25.9 Å². The molecule has 0 radical (unpaired) electrons. The lowest BCUT2D eigenvalue weighted by molar-refractivity contribution is -0.131. The van der Waals surface area contributed by atoms with Gasteiger partial charge in [-0.05, 0) is 31.8 Å². The third-order valence-electron chi connectivity index (χ3n) is 2.98. The van der Waals surface area contributed by atoms with Gasteiger partial charge in [-0.15, -0.1) is 0 Å². The standard InChI is InChI=1S/C11H22N2O2/c1-13(7-8-15-2)11(14)9-10-3-5-12-6-4-10/h10,12H,3-9H2,1-2H3. The van der Waals surface area contributed by atoms with E-state index in [1.807, 2.05) is 7.05 Å². The third-order valence-corrected chi connectivity index (χ3v) is 2.98. The first-order valence-corrected chi connectivity index (χ1v) is 5.67. The molecule has 1 saturated heterocycles. The van der Waals surface area contributed by atoms with Gasteiger partial charge in [0.15, 0.2) is 0 Å². The van der Waals surface area contributed by atoms with E-state index in [4.69, 9.17) is 4.74 Å². The maximum Gasteiger partial charge on any atom is 0.222 e. The minimum atomic E-state index is 0.249. The topological polar surface area (TPSA) is 41.6 Å². The quantitative estimate of drug-likeness (QED) is 0.724. The van der Waals surface area contributed by atoms with E-state index in [0.29, 0.717) is 25.5 Å². The van der Waals surface area contributed by atoms with Crippen LogP contribution >= 0.6 is 0 Å². The second-order valence-electron chi connectivity index (χ2n) is 4.21. The normalized spacial score (nSPS) is 17.7. The van der Waals surface area contributed by atoms with Gasteiger partial charge >= 0.3 is 0 Å². The summed E-state index contributed by atoms with van der Waals surface area (Å²) >= 11 is 0. The number of methoxy groups -OCH3 is 1. The van der Waals surface area contributed by atoms with Crippen molar-refractivity contribution < 1.29 is 9.53 Å². The molecule has 0 spiro atoms. The molecule has 0 aromatic rings. The van der Waals surface area contributed by atoms with E-state index < -0.39 is 0 Å². The van der Waals surface area contributed by atoms with E-state index >= 15 is 0 Å². The number of hydrogen-bond acceptors (Lipinski definition) is 3. The predicted octanol–water partition coefficient (Wildman–Crippen LogP) is 0.481. The molecule has 1 rings (SSSR count). The van der Waals surface area contributed by atoms with Gasteiger partial charge in [-0.2, -0.15) is 0 Å². The lowest BCUT2D eigenvalue weighted by Crippen LogP contribution is -2.34. The summed E-state index contributed by atoms with van der Waals surface area (Å²) in [6.07, 6.45) is 2.95. The van der Waals surface area contributed by atoms with Crippen molar-refractivity contribution in [1.29, 1.82) is 0 Å². The first-order chi connectivity index (χ1) is 7.24. The molecule has 1 N–H and O–H groups in total. The Labute approximate surface area is 92.0 Å². The van der Waals surface area contributed by atoms with E-state index in [-0.39, 0.29) is 5.91 Å². The average molecular weight is 214 g/mol. The highest BCUT2D eigenvalue weighted by atomic mass is 16.5. The maximum absolute atomic E-state index is 11.8. The molecular weight excluding hydrogens is 192 g/mol. The Kier molecular flexibility index (Phi) is 5.65. The number of carbonyl (C=O) groups excluding carboxylic acids is 1. The van der Waals surface area contributed by atoms with Gasteiger partial charge in [-0.1, -0.05) is 0 Å². The van der Waals surface area contributed by atoms with Gasteiger partial charge in [0, 0.05) is 27.1 Å². The number of piperidine rings is 1. The molecule has 1 aliphatic rings. The zero-order chi connectivity index (χ0) is 11.1. The largest absolute Gasteiger partial charge is 0.383 e. The zero-order valence-electron chi connectivity index (χ0n) is 9.79. The summed E-state index contributed by atoms with van der Waals surface area (Å²) in [6, 6.07) is 0. The van der Waals surface area contributed by atoms with Crippen LogP contribution in [0, 0.1) is 5.92 Å². The molecule has 1 aliphatic heterocycles. The number of amides is 1. The fraction of sp³-hybridized carbons (Fsp3) is 0.909. The van der Waals surface area contributed by atoms with Crippen LogP contribution in [0.3, 0.4) is 0 Å². The highest BCUT2D eigenvalue weighted by molar-refractivity contribution is 5.76. The van der Waals surface area contributed by atoms with Crippen LogP contribution in [0.1, 0.15) is 19.3 Å². The van der Waals surface area contributed by atoms with Gasteiger partial charge in [-0.25, -0.2) is 0 Å². The van der Waals surface area contributed by atoms with Gasteiger partial charge in [0.05, 0.1) is 6.61 Å². The minimum absolute atomic E-state index is 0.249. The van der Waals surface area contributed by atoms with Gasteiger partial charge in [0.2, 0.25) is 5.91 Å². The smallest absolute Gasteiger partial charge is 0.222 e. The predicted molar refractivity (Wildman–Crippen MR) is 59.7 cm³/mol. The summed E-state index contributed by atoms with van der Waals surface area (Å²) in [4.78, 5) is 13.5. The van der Waals surface area contributed by atoms with Gasteiger partial charge in [0.1, 0.15) is 0 Å². The molecule has 0 aromatic heterocycles. The summed E-state index contributed by atoms with van der Waals surface area (Å²) in [5, 5.41) is 3.31. The van der Waals surface area contributed by atoms with Crippen LogP contribution in [-0.4, -0.2) is 51.2 Å². The van der Waals surface area contributed by atoms with Crippen LogP contribution in [0.4, 0.5) is 0 Å². The van der Waals surface area contributed by atoms with Crippen molar-refractivity contribution >= 4 is 5.91 Å². The van der Waals surface area contributed by atoms with Crippen molar-refractivity contribution in [2.75, 3.05) is 40.4 Å². The Morgan fingerprint density at radius 3 is 2.73 bits per heavy atom. The molecule has 4 heteroatoms. The maximum atomic E-state index is 11.8. The Balaban J connectivity index is 2.20. The Hall–Kier alpha value is -0.610. The van der Waals surface area contributed by atoms with Crippen LogP contribution in [0.5, 0.6) is 0 Å². The molecule has 4 nitrogen and oxygen atoms in total. The molecule has 0 aliphatic carbocycles. The molecule has 1 fully saturated rings. The summed E-state index contributed by atoms with van der Waals surface area (Å²) in [7, 11) is 3.51. The SMILES string of the molecule is COCCN(C)C(=O)CC1CCNCC1. The average Bonchev–Trinajstić information content (AvgIpc) is 2.27. The van der Waals surface area contributed by atoms with Crippen LogP contribution < -0.4 is 5.32 Å². The number of nitrogens with zero attached hydrogens (tertiary/aromatic N) is 1. The molecule has 15 heavy (non-hydrogen) atoms. The molecule has 1 amide bonds. The van der Waals surface area contributed by atoms with E-state index in [1.54, 1.807) is 12.0 Å². The first-order valence-electron chi connectivity index (χ1n) is 5.67. The van der Waals surface area contributed by atoms with Crippen molar-refractivity contribution in [2.24, 2.45) is 5.92 Å². The Morgan fingerprint density at radius 1 is 1.47 bits per heavy atom. The Bertz CT molecular complexity index is 191. The molecule has 0 saturated carbocycles. The van der Waals surface area contributed by atoms with Crippen LogP contribution in [0.2, 0.25) is 0 Å². The van der Waals surface area contributed by atoms with Crippen LogP contribution in [0.15, 0.2) is 0 Å². The zero-order valence-corrected chi connectivity index (χ0v) is 9.79. The monoisotopic (exact) mass is 214 g/mol. The molecule has 88 valence electrons. The summed E-state index contributed by atoms with van der Waals surface area (Å²) in [6.45, 7) is 3.42. The number of carbonyl (C=O) groups is 1. The van der Waals surface area contributed by atoms with Crippen molar-refractivity contribution in [1.82, 2.24) is 10.2 Å². The van der Waals surface area contributed by atoms with Crippen molar-refractivity contribution in [2.45, 2.75) is 19.3 Å². The van der Waals surface area contributed by atoms with E-state index in [2.05, 4.69) is 5.32 Å². The lowest BCUT2D eigenvalue weighted by Gasteiger charge is -2.24. The van der Waals surface area contributed by atoms with Crippen molar-refractivity contribution in [3.63, 3.8) is 0 Å². The number of rotatable bonds is 5. The number of hydrogen-bond donors (Lipinski definition) is 1. The molecular formula is C11H22N2O2. The first kappa shape index (κ1) is 12.5. The number of likely N-dealkylation sites (N-methyl/N-ethyl adjacent to an activating group) is 1. The van der Waals surface area contributed by atoms with E-state index in [1.165, 1.54) is 0 Å². The van der Waals surface area contributed by atoms with Gasteiger partial charge < -0.3 is 15.0 Å². The van der Waals surface area contributed by atoms with Gasteiger partial charge in [0.25, 0.3) is 0 Å². The van der Waals surface area contributed by atoms with Crippen LogP contribution in [-0.2, 0) is 9.53 Å². The van der Waals surface area contributed by atoms with Crippen molar-refractivity contribution in [3.05, 3.63) is 0 Å². The van der Waals surface area contributed by atoms with Crippen LogP contribution in [0.25, 0.3) is 0 Å². The molecule has 1 heterocycles. The Morgan fingerprint density at radius 2 is 2.13 bits per heavy atom. The molecule has 0 aromatic carbocycles. The second kappa shape index (κ2) is 6.80. The molecule has 0 atom stereocenters. The van der Waals surface area contributed by atoms with Gasteiger partial charge in [-0.3, -0.25) is 4.79 Å². The molecule has 0 unspecified atom stereocenters. The van der Waals surface area contributed by atoms with E-state index in [9.17, 15) is 4.79 Å². The number of ether oxygens (including phenoxy) is 1. The fourth-order valence-corrected chi connectivity index (χ4v) is 1.84. The third kappa shape index (κ3) is 4.62. The number of nitrogens with one attached hydrogen (secondary N) is 1.